The minimum Gasteiger partial charge on any atom is -0.497 e. The van der Waals surface area contributed by atoms with E-state index in [1.165, 1.54) is 0 Å². The lowest BCUT2D eigenvalue weighted by Crippen LogP contribution is -2.66. The fraction of sp³-hybridized carbons (Fsp3) is 0.488. The summed E-state index contributed by atoms with van der Waals surface area (Å²) < 4.78 is 33.4. The predicted molar refractivity (Wildman–Crippen MR) is 203 cm³/mol. The number of rotatable bonds is 12. The molecule has 2 aliphatic rings. The highest BCUT2D eigenvalue weighted by Crippen LogP contribution is 2.50. The van der Waals surface area contributed by atoms with Crippen molar-refractivity contribution in [3.05, 3.63) is 114 Å². The topological polar surface area (TPSA) is 80.3 Å². The van der Waals surface area contributed by atoms with Gasteiger partial charge in [0, 0.05) is 17.8 Å². The van der Waals surface area contributed by atoms with Crippen LogP contribution in [0.3, 0.4) is 0 Å². The highest BCUT2D eigenvalue weighted by atomic mass is 28.4. The van der Waals surface area contributed by atoms with E-state index in [1.54, 1.807) is 7.11 Å². The number of ether oxygens (including phenoxy) is 4. The summed E-state index contributed by atoms with van der Waals surface area (Å²) in [5.74, 6) is -1.21. The molecule has 51 heavy (non-hydrogen) atoms. The molecule has 0 heterocycles. The molecule has 0 unspecified atom stereocenters. The van der Waals surface area contributed by atoms with E-state index in [0.29, 0.717) is 6.42 Å². The van der Waals surface area contributed by atoms with Crippen LogP contribution in [0.4, 0.5) is 0 Å². The molecule has 8 heteroatoms. The van der Waals surface area contributed by atoms with Crippen molar-refractivity contribution in [3.8, 4) is 5.75 Å². The predicted octanol–water partition coefficient (Wildman–Crippen LogP) is 8.90. The smallest absolute Gasteiger partial charge is 0.192 e. The van der Waals surface area contributed by atoms with Crippen LogP contribution in [0, 0.1) is 17.3 Å². The first-order valence-corrected chi connectivity index (χ1v) is 21.0. The molecule has 3 aromatic rings. The first-order chi connectivity index (χ1) is 24.1. The number of carbonyl (C=O) groups is 2. The highest BCUT2D eigenvalue weighted by Gasteiger charge is 2.60. The molecule has 0 bridgehead atoms. The van der Waals surface area contributed by atoms with E-state index in [0.717, 1.165) is 28.0 Å². The first kappa shape index (κ1) is 38.8. The molecule has 0 amide bonds. The lowest BCUT2D eigenvalue weighted by molar-refractivity contribution is -0.209. The number of carbonyl (C=O) groups excluding carboxylic acids is 2. The molecule has 2 aliphatic carbocycles. The van der Waals surface area contributed by atoms with Crippen molar-refractivity contribution in [2.45, 2.75) is 110 Å². The number of ketones is 2. The van der Waals surface area contributed by atoms with Crippen molar-refractivity contribution in [2.75, 3.05) is 7.11 Å². The van der Waals surface area contributed by atoms with Gasteiger partial charge in [0.15, 0.2) is 14.1 Å². The molecule has 3 aromatic carbocycles. The summed E-state index contributed by atoms with van der Waals surface area (Å²) >= 11 is 0. The average molecular weight is 713 g/mol. The van der Waals surface area contributed by atoms with Crippen LogP contribution < -0.4 is 4.74 Å². The molecule has 0 N–H and O–H groups in total. The van der Waals surface area contributed by atoms with E-state index in [4.69, 9.17) is 23.4 Å². The van der Waals surface area contributed by atoms with Crippen molar-refractivity contribution in [3.63, 3.8) is 0 Å². The average Bonchev–Trinajstić information content (AvgIpc) is 3.10. The van der Waals surface area contributed by atoms with Gasteiger partial charge in [-0.1, -0.05) is 120 Å². The van der Waals surface area contributed by atoms with Gasteiger partial charge >= 0.3 is 0 Å². The summed E-state index contributed by atoms with van der Waals surface area (Å²) in [7, 11) is -0.894. The highest BCUT2D eigenvalue weighted by molar-refractivity contribution is 6.74. The Balaban J connectivity index is 1.67. The van der Waals surface area contributed by atoms with E-state index < -0.39 is 50.0 Å². The van der Waals surface area contributed by atoms with E-state index in [2.05, 4.69) is 54.3 Å². The van der Waals surface area contributed by atoms with Crippen LogP contribution >= 0.6 is 0 Å². The van der Waals surface area contributed by atoms with Crippen molar-refractivity contribution >= 4 is 19.9 Å². The number of hydrogen-bond donors (Lipinski definition) is 0. The van der Waals surface area contributed by atoms with Gasteiger partial charge in [-0.2, -0.15) is 0 Å². The maximum absolute atomic E-state index is 15.1. The Morgan fingerprint density at radius 2 is 1.27 bits per heavy atom. The van der Waals surface area contributed by atoms with Gasteiger partial charge in [0.05, 0.1) is 51.2 Å². The number of methoxy groups -OCH3 is 1. The second kappa shape index (κ2) is 16.1. The molecule has 0 aliphatic heterocycles. The Morgan fingerprint density at radius 1 is 0.745 bits per heavy atom. The summed E-state index contributed by atoms with van der Waals surface area (Å²) in [5.41, 5.74) is 2.86. The molecule has 5 rings (SSSR count). The molecule has 0 radical (unpaired) electrons. The third-order valence-electron chi connectivity index (χ3n) is 11.2. The van der Waals surface area contributed by atoms with Crippen LogP contribution in [0.5, 0.6) is 5.75 Å². The van der Waals surface area contributed by atoms with E-state index in [-0.39, 0.29) is 42.8 Å². The number of fused-ring (bicyclic) bond motifs is 1. The van der Waals surface area contributed by atoms with E-state index >= 15 is 4.79 Å². The molecule has 0 spiro atoms. The Hall–Kier alpha value is -3.40. The molecule has 274 valence electrons. The van der Waals surface area contributed by atoms with Gasteiger partial charge in [-0.15, -0.1) is 0 Å². The van der Waals surface area contributed by atoms with Crippen molar-refractivity contribution in [1.29, 1.82) is 0 Å². The minimum absolute atomic E-state index is 0.112. The van der Waals surface area contributed by atoms with Crippen LogP contribution in [-0.2, 0) is 48.0 Å². The third kappa shape index (κ3) is 8.80. The zero-order valence-electron chi connectivity index (χ0n) is 31.6. The molecular formula is C43H56O7Si. The van der Waals surface area contributed by atoms with Crippen molar-refractivity contribution < 1.29 is 33.0 Å². The summed E-state index contributed by atoms with van der Waals surface area (Å²) in [4.78, 5) is 29.2. The summed E-state index contributed by atoms with van der Waals surface area (Å²) in [6.45, 7) is 20.4. The lowest BCUT2D eigenvalue weighted by Gasteiger charge is -2.54. The Labute approximate surface area is 305 Å². The molecule has 6 atom stereocenters. The Kier molecular flexibility index (Phi) is 12.2. The third-order valence-corrected chi connectivity index (χ3v) is 15.7. The molecule has 2 saturated carbocycles. The quantitative estimate of drug-likeness (QED) is 0.105. The summed E-state index contributed by atoms with van der Waals surface area (Å²) in [5, 5.41) is -0.168. The van der Waals surface area contributed by atoms with E-state index in [1.807, 2.05) is 84.9 Å². The summed E-state index contributed by atoms with van der Waals surface area (Å²) in [6.07, 6.45) is -2.34. The van der Waals surface area contributed by atoms with Gasteiger partial charge in [-0.3, -0.25) is 9.59 Å². The zero-order chi connectivity index (χ0) is 37.0. The van der Waals surface area contributed by atoms with Crippen LogP contribution in [0.2, 0.25) is 18.1 Å². The van der Waals surface area contributed by atoms with Gasteiger partial charge in [0.25, 0.3) is 0 Å². The maximum Gasteiger partial charge on any atom is 0.192 e. The van der Waals surface area contributed by atoms with Gasteiger partial charge in [-0.05, 0) is 53.4 Å². The monoisotopic (exact) mass is 712 g/mol. The summed E-state index contributed by atoms with van der Waals surface area (Å²) in [6, 6.07) is 27.6. The number of benzene rings is 3. The largest absolute Gasteiger partial charge is 0.497 e. The van der Waals surface area contributed by atoms with Crippen molar-refractivity contribution in [2.24, 2.45) is 17.3 Å². The second-order valence-electron chi connectivity index (χ2n) is 16.2. The van der Waals surface area contributed by atoms with Gasteiger partial charge in [0.1, 0.15) is 17.6 Å². The maximum atomic E-state index is 15.1. The first-order valence-electron chi connectivity index (χ1n) is 18.1. The number of hydrogen-bond acceptors (Lipinski definition) is 7. The standard InChI is InChI=1S/C43H56O7Si/c1-29-20-25-34(44)36-35(29)38(47-26-30-16-12-10-13-17-30)40(49-28-32-21-23-33(46-7)24-22-32)43(5,6)41(50-51(8,9)42(2,3)4)39(37(36)45)48-27-31-18-14-11-15-19-31/h10-19,21-24,35-36,38-41H,1,20,25-28H2,2-9H3/t35-,36-,38+,39+,40+,41+/m1/s1. The Morgan fingerprint density at radius 3 is 1.82 bits per heavy atom. The fourth-order valence-electron chi connectivity index (χ4n) is 7.10. The molecule has 0 saturated heterocycles. The SMILES string of the molecule is C=C1CCC(=O)[C@H]2C(=O)[C@H](OCc3ccccc3)[C@H](O[Si](C)(C)C(C)(C)C)C(C)(C)[C@@H](OCc3ccc(OC)cc3)[C@@H](OCc3ccccc3)[C@H]12. The van der Waals surface area contributed by atoms with E-state index in [9.17, 15) is 4.79 Å². The van der Waals surface area contributed by atoms with Crippen LogP contribution in [0.1, 0.15) is 64.2 Å². The molecule has 7 nitrogen and oxygen atoms in total. The fourth-order valence-corrected chi connectivity index (χ4v) is 8.52. The Bertz CT molecular complexity index is 1630. The normalized spacial score (nSPS) is 25.5. The zero-order valence-corrected chi connectivity index (χ0v) is 32.6. The van der Waals surface area contributed by atoms with Gasteiger partial charge in [0.2, 0.25) is 0 Å². The van der Waals surface area contributed by atoms with Crippen LogP contribution in [0.15, 0.2) is 97.1 Å². The van der Waals surface area contributed by atoms with Gasteiger partial charge < -0.3 is 23.4 Å². The molecule has 0 aromatic heterocycles. The van der Waals surface area contributed by atoms with Gasteiger partial charge in [-0.25, -0.2) is 0 Å². The van der Waals surface area contributed by atoms with Crippen molar-refractivity contribution in [1.82, 2.24) is 0 Å². The minimum atomic E-state index is -2.54. The van der Waals surface area contributed by atoms with Crippen LogP contribution in [0.25, 0.3) is 0 Å². The molecular weight excluding hydrogens is 657 g/mol. The second-order valence-corrected chi connectivity index (χ2v) is 21.0. The number of Topliss-reactive ketones (excluding diaryl/α,β-unsaturated/α-hetero) is 2. The molecule has 2 fully saturated rings. The van der Waals surface area contributed by atoms with Crippen LogP contribution in [-0.4, -0.2) is 51.4 Å². The lowest BCUT2D eigenvalue weighted by atomic mass is 9.61.